The highest BCUT2D eigenvalue weighted by atomic mass is 35.5. The maximum atomic E-state index is 12.1. The number of hydrogen-bond donors (Lipinski definition) is 3. The number of hydrazine groups is 1. The SMILES string of the molecule is O=CNNC=Nc1ccc(N2C[C@H](CNC(=O)c3ccc(Cl)s3)OC2=O)cc1. The van der Waals surface area contributed by atoms with E-state index in [0.717, 1.165) is 0 Å². The summed E-state index contributed by atoms with van der Waals surface area (Å²) in [6.07, 6.45) is 0.880. The largest absolute Gasteiger partial charge is 0.442 e. The quantitative estimate of drug-likeness (QED) is 0.198. The summed E-state index contributed by atoms with van der Waals surface area (Å²) < 4.78 is 5.84. The Balaban J connectivity index is 1.53. The number of halogens is 1. The van der Waals surface area contributed by atoms with E-state index in [1.165, 1.54) is 22.6 Å². The molecule has 3 amide bonds. The number of anilines is 1. The molecule has 0 unspecified atom stereocenters. The highest BCUT2D eigenvalue weighted by molar-refractivity contribution is 7.17. The van der Waals surface area contributed by atoms with E-state index in [1.54, 1.807) is 36.4 Å². The number of ether oxygens (including phenoxy) is 1. The van der Waals surface area contributed by atoms with Crippen LogP contribution >= 0.6 is 22.9 Å². The zero-order valence-electron chi connectivity index (χ0n) is 14.4. The first-order chi connectivity index (χ1) is 13.6. The maximum absolute atomic E-state index is 12.1. The third-order valence-electron chi connectivity index (χ3n) is 3.74. The number of cyclic esters (lactones) is 1. The number of hydrogen-bond acceptors (Lipinski definition) is 6. The van der Waals surface area contributed by atoms with Gasteiger partial charge in [0.05, 0.1) is 28.0 Å². The molecule has 11 heteroatoms. The van der Waals surface area contributed by atoms with Gasteiger partial charge < -0.3 is 10.1 Å². The van der Waals surface area contributed by atoms with E-state index >= 15 is 0 Å². The molecule has 2 aromatic rings. The summed E-state index contributed by atoms with van der Waals surface area (Å²) >= 11 is 7.01. The molecule has 1 saturated heterocycles. The molecule has 0 aliphatic carbocycles. The minimum Gasteiger partial charge on any atom is -0.442 e. The monoisotopic (exact) mass is 421 g/mol. The summed E-state index contributed by atoms with van der Waals surface area (Å²) in [5.74, 6) is -0.258. The number of amides is 3. The molecule has 3 N–H and O–H groups in total. The molecule has 1 aromatic carbocycles. The minimum atomic E-state index is -0.480. The fourth-order valence-corrected chi connectivity index (χ4v) is 3.42. The number of thiophene rings is 1. The van der Waals surface area contributed by atoms with Crippen LogP contribution in [0.25, 0.3) is 0 Å². The standard InChI is InChI=1S/C17H16ClN5O4S/c18-15-6-5-14(28-15)16(25)19-7-13-8-23(17(26)27-13)12-3-1-11(2-4-12)20-9-21-22-10-24/h1-6,9-10,13H,7-8H2,(H,19,25)(H,20,21)(H,22,24)/t13-/m0/s1. The van der Waals surface area contributed by atoms with Crippen LogP contribution in [0.1, 0.15) is 9.67 Å². The van der Waals surface area contributed by atoms with Crippen LogP contribution in [0.15, 0.2) is 41.4 Å². The number of benzene rings is 1. The van der Waals surface area contributed by atoms with Crippen molar-refractivity contribution in [2.24, 2.45) is 4.99 Å². The molecule has 3 rings (SSSR count). The fraction of sp³-hybridized carbons (Fsp3) is 0.176. The van der Waals surface area contributed by atoms with Gasteiger partial charge in [0.25, 0.3) is 5.91 Å². The van der Waals surface area contributed by atoms with Crippen LogP contribution in [-0.2, 0) is 9.53 Å². The third kappa shape index (κ3) is 4.99. The molecule has 1 fully saturated rings. The van der Waals surface area contributed by atoms with Crippen LogP contribution in [-0.4, -0.2) is 43.9 Å². The van der Waals surface area contributed by atoms with Gasteiger partial charge in [-0.15, -0.1) is 11.3 Å². The molecule has 0 saturated carbocycles. The second-order valence-corrected chi connectivity index (χ2v) is 7.33. The van der Waals surface area contributed by atoms with Crippen LogP contribution in [0, 0.1) is 0 Å². The normalized spacial score (nSPS) is 16.1. The lowest BCUT2D eigenvalue weighted by Gasteiger charge is -2.13. The molecule has 1 aliphatic heterocycles. The molecule has 0 bridgehead atoms. The van der Waals surface area contributed by atoms with E-state index in [1.807, 2.05) is 0 Å². The van der Waals surface area contributed by atoms with Crippen LogP contribution in [0.3, 0.4) is 0 Å². The molecule has 146 valence electrons. The summed E-state index contributed by atoms with van der Waals surface area (Å²) in [4.78, 5) is 40.4. The van der Waals surface area contributed by atoms with Gasteiger partial charge in [-0.3, -0.25) is 25.3 Å². The van der Waals surface area contributed by atoms with E-state index in [4.69, 9.17) is 16.3 Å². The van der Waals surface area contributed by atoms with Gasteiger partial charge in [-0.1, -0.05) is 11.6 Å². The van der Waals surface area contributed by atoms with Gasteiger partial charge in [0.15, 0.2) is 0 Å². The van der Waals surface area contributed by atoms with Crippen molar-refractivity contribution in [1.29, 1.82) is 0 Å². The highest BCUT2D eigenvalue weighted by Gasteiger charge is 2.32. The van der Waals surface area contributed by atoms with Crippen molar-refractivity contribution in [3.05, 3.63) is 45.6 Å². The summed E-state index contributed by atoms with van der Waals surface area (Å²) in [7, 11) is 0. The zero-order chi connectivity index (χ0) is 19.9. The average Bonchev–Trinajstić information content (AvgIpc) is 3.29. The predicted octanol–water partition coefficient (Wildman–Crippen LogP) is 2.07. The lowest BCUT2D eigenvalue weighted by atomic mass is 10.2. The van der Waals surface area contributed by atoms with Crippen LogP contribution in [0.4, 0.5) is 16.2 Å². The summed E-state index contributed by atoms with van der Waals surface area (Å²) in [5.41, 5.74) is 5.99. The Labute approximate surface area is 169 Å². The Morgan fingerprint density at radius 2 is 2.07 bits per heavy atom. The Morgan fingerprint density at radius 3 is 2.75 bits per heavy atom. The Bertz CT molecular complexity index is 886. The first-order valence-corrected chi connectivity index (χ1v) is 9.35. The van der Waals surface area contributed by atoms with Gasteiger partial charge in [-0.2, -0.15) is 0 Å². The molecule has 0 spiro atoms. The summed E-state index contributed by atoms with van der Waals surface area (Å²) in [6, 6.07) is 10.2. The van der Waals surface area contributed by atoms with Crippen molar-refractivity contribution in [2.75, 3.05) is 18.0 Å². The smallest absolute Gasteiger partial charge is 0.414 e. The topological polar surface area (TPSA) is 112 Å². The second-order valence-electron chi connectivity index (χ2n) is 5.61. The number of rotatable bonds is 8. The molecule has 2 heterocycles. The van der Waals surface area contributed by atoms with E-state index in [0.29, 0.717) is 33.5 Å². The van der Waals surface area contributed by atoms with E-state index in [-0.39, 0.29) is 12.5 Å². The number of nitrogens with zero attached hydrogens (tertiary/aromatic N) is 2. The molecular weight excluding hydrogens is 406 g/mol. The van der Waals surface area contributed by atoms with Gasteiger partial charge in [0, 0.05) is 5.69 Å². The molecule has 28 heavy (non-hydrogen) atoms. The average molecular weight is 422 g/mol. The van der Waals surface area contributed by atoms with Crippen LogP contribution < -0.4 is 21.1 Å². The molecular formula is C17H16ClN5O4S. The van der Waals surface area contributed by atoms with Gasteiger partial charge in [0.2, 0.25) is 6.41 Å². The fourth-order valence-electron chi connectivity index (χ4n) is 2.47. The first kappa shape index (κ1) is 19.6. The molecule has 1 aromatic heterocycles. The van der Waals surface area contributed by atoms with Gasteiger partial charge in [-0.05, 0) is 36.4 Å². The van der Waals surface area contributed by atoms with Crippen LogP contribution in [0.2, 0.25) is 4.34 Å². The van der Waals surface area contributed by atoms with Crippen LogP contribution in [0.5, 0.6) is 0 Å². The van der Waals surface area contributed by atoms with E-state index in [9.17, 15) is 14.4 Å². The van der Waals surface area contributed by atoms with E-state index in [2.05, 4.69) is 21.2 Å². The summed E-state index contributed by atoms with van der Waals surface area (Å²) in [6.45, 7) is 0.520. The maximum Gasteiger partial charge on any atom is 0.414 e. The lowest BCUT2D eigenvalue weighted by molar-refractivity contribution is -0.110. The van der Waals surface area contributed by atoms with E-state index < -0.39 is 12.2 Å². The highest BCUT2D eigenvalue weighted by Crippen LogP contribution is 2.24. The second kappa shape index (κ2) is 9.20. The van der Waals surface area contributed by atoms with Gasteiger partial charge >= 0.3 is 6.09 Å². The Kier molecular flexibility index (Phi) is 6.45. The number of nitrogens with one attached hydrogen (secondary N) is 3. The third-order valence-corrected chi connectivity index (χ3v) is 4.97. The Hall–Kier alpha value is -3.11. The van der Waals surface area contributed by atoms with Crippen molar-refractivity contribution in [2.45, 2.75) is 6.10 Å². The zero-order valence-corrected chi connectivity index (χ0v) is 16.0. The van der Waals surface area contributed by atoms with Crippen molar-refractivity contribution < 1.29 is 19.1 Å². The first-order valence-electron chi connectivity index (χ1n) is 8.16. The number of carbonyl (C=O) groups excluding carboxylic acids is 3. The Morgan fingerprint density at radius 1 is 1.29 bits per heavy atom. The van der Waals surface area contributed by atoms with Gasteiger partial charge in [0.1, 0.15) is 12.4 Å². The van der Waals surface area contributed by atoms with Crippen molar-refractivity contribution in [1.82, 2.24) is 16.2 Å². The molecule has 9 nitrogen and oxygen atoms in total. The minimum absolute atomic E-state index is 0.203. The van der Waals surface area contributed by atoms with Crippen molar-refractivity contribution in [3.8, 4) is 0 Å². The lowest BCUT2D eigenvalue weighted by Crippen LogP contribution is -2.34. The molecule has 0 radical (unpaired) electrons. The number of carbonyl (C=O) groups is 3. The van der Waals surface area contributed by atoms with Crippen molar-refractivity contribution >= 4 is 59.1 Å². The van der Waals surface area contributed by atoms with Gasteiger partial charge in [-0.25, -0.2) is 9.79 Å². The van der Waals surface area contributed by atoms with Crippen molar-refractivity contribution in [3.63, 3.8) is 0 Å². The predicted molar refractivity (Wildman–Crippen MR) is 106 cm³/mol. The molecule has 1 aliphatic rings. The summed E-state index contributed by atoms with van der Waals surface area (Å²) in [5, 5.41) is 2.74. The number of aliphatic imine (C=N–C) groups is 1. The molecule has 1 atom stereocenters.